The minimum atomic E-state index is -0.235. The maximum Gasteiger partial charge on any atom is 0.338 e. The molecule has 0 amide bonds. The summed E-state index contributed by atoms with van der Waals surface area (Å²) >= 11 is 0. The number of benzene rings is 3. The molecule has 0 N–H and O–H groups in total. The SMILES string of the molecule is CCOC(=O)c1cc(-c2ccc(C)cc2)c2c(c1-c1ccc(C)cc1)CCC2. The summed E-state index contributed by atoms with van der Waals surface area (Å²) in [6, 6.07) is 19.1. The summed E-state index contributed by atoms with van der Waals surface area (Å²) in [7, 11) is 0. The van der Waals surface area contributed by atoms with Gasteiger partial charge in [0, 0.05) is 0 Å². The van der Waals surface area contributed by atoms with Crippen LogP contribution in [0.15, 0.2) is 54.6 Å². The molecule has 2 heteroatoms. The molecule has 0 aromatic heterocycles. The number of fused-ring (bicyclic) bond motifs is 1. The lowest BCUT2D eigenvalue weighted by molar-refractivity contribution is 0.0527. The lowest BCUT2D eigenvalue weighted by Crippen LogP contribution is -2.09. The van der Waals surface area contributed by atoms with E-state index in [4.69, 9.17) is 4.74 Å². The molecule has 0 unspecified atom stereocenters. The van der Waals surface area contributed by atoms with Crippen molar-refractivity contribution in [1.29, 1.82) is 0 Å². The van der Waals surface area contributed by atoms with Crippen LogP contribution in [0, 0.1) is 13.8 Å². The molecule has 0 saturated heterocycles. The number of carbonyl (C=O) groups excluding carboxylic acids is 1. The molecule has 28 heavy (non-hydrogen) atoms. The Morgan fingerprint density at radius 2 is 1.43 bits per heavy atom. The molecule has 0 bridgehead atoms. The average Bonchev–Trinajstić information content (AvgIpc) is 3.18. The first-order chi connectivity index (χ1) is 13.6. The van der Waals surface area contributed by atoms with Crippen LogP contribution < -0.4 is 0 Å². The van der Waals surface area contributed by atoms with Crippen LogP contribution >= 0.6 is 0 Å². The number of rotatable bonds is 4. The molecule has 0 heterocycles. The van der Waals surface area contributed by atoms with Crippen molar-refractivity contribution in [3.63, 3.8) is 0 Å². The van der Waals surface area contributed by atoms with Crippen molar-refractivity contribution in [1.82, 2.24) is 0 Å². The van der Waals surface area contributed by atoms with Crippen molar-refractivity contribution in [3.05, 3.63) is 82.4 Å². The topological polar surface area (TPSA) is 26.3 Å². The van der Waals surface area contributed by atoms with Crippen LogP contribution in [0.5, 0.6) is 0 Å². The van der Waals surface area contributed by atoms with Gasteiger partial charge >= 0.3 is 5.97 Å². The molecule has 0 atom stereocenters. The van der Waals surface area contributed by atoms with Gasteiger partial charge in [0.25, 0.3) is 0 Å². The molecule has 0 fully saturated rings. The van der Waals surface area contributed by atoms with E-state index in [1.807, 2.05) is 6.92 Å². The first-order valence-corrected chi connectivity index (χ1v) is 10.1. The van der Waals surface area contributed by atoms with Crippen LogP contribution in [0.4, 0.5) is 0 Å². The van der Waals surface area contributed by atoms with Gasteiger partial charge in [-0.05, 0) is 79.5 Å². The van der Waals surface area contributed by atoms with E-state index >= 15 is 0 Å². The second-order valence-electron chi connectivity index (χ2n) is 7.61. The Morgan fingerprint density at radius 1 is 0.857 bits per heavy atom. The third-order valence-corrected chi connectivity index (χ3v) is 5.60. The molecule has 0 aliphatic heterocycles. The van der Waals surface area contributed by atoms with Crippen LogP contribution in [0.3, 0.4) is 0 Å². The average molecular weight is 370 g/mol. The standard InChI is InChI=1S/C26H26O2/c1-4-28-26(27)24-16-23(19-12-8-17(2)9-13-19)21-6-5-7-22(21)25(24)20-14-10-18(3)11-15-20/h8-16H,4-7H2,1-3H3. The summed E-state index contributed by atoms with van der Waals surface area (Å²) in [5.41, 5.74) is 10.3. The van der Waals surface area contributed by atoms with Crippen LogP contribution in [-0.2, 0) is 17.6 Å². The van der Waals surface area contributed by atoms with E-state index in [9.17, 15) is 4.79 Å². The summed E-state index contributed by atoms with van der Waals surface area (Å²) in [5.74, 6) is -0.235. The lowest BCUT2D eigenvalue weighted by atomic mass is 9.86. The van der Waals surface area contributed by atoms with E-state index in [2.05, 4.69) is 68.4 Å². The Balaban J connectivity index is 1.98. The van der Waals surface area contributed by atoms with E-state index in [0.29, 0.717) is 12.2 Å². The third kappa shape index (κ3) is 3.35. The van der Waals surface area contributed by atoms with Crippen molar-refractivity contribution in [2.24, 2.45) is 0 Å². The van der Waals surface area contributed by atoms with E-state index in [1.165, 1.54) is 33.4 Å². The fraction of sp³-hybridized carbons (Fsp3) is 0.269. The molecule has 0 radical (unpaired) electrons. The normalized spacial score (nSPS) is 12.7. The lowest BCUT2D eigenvalue weighted by Gasteiger charge is -2.18. The summed E-state index contributed by atoms with van der Waals surface area (Å²) < 4.78 is 5.44. The Labute approximate surface area is 167 Å². The van der Waals surface area contributed by atoms with Gasteiger partial charge in [-0.2, -0.15) is 0 Å². The second-order valence-corrected chi connectivity index (χ2v) is 7.61. The predicted molar refractivity (Wildman–Crippen MR) is 115 cm³/mol. The van der Waals surface area contributed by atoms with Gasteiger partial charge in [-0.3, -0.25) is 0 Å². The summed E-state index contributed by atoms with van der Waals surface area (Å²) in [6.07, 6.45) is 3.19. The van der Waals surface area contributed by atoms with Crippen molar-refractivity contribution >= 4 is 5.97 Å². The van der Waals surface area contributed by atoms with Gasteiger partial charge in [-0.25, -0.2) is 4.79 Å². The molecule has 3 aromatic rings. The number of esters is 1. The Hall–Kier alpha value is -2.87. The van der Waals surface area contributed by atoms with Gasteiger partial charge in [0.15, 0.2) is 0 Å². The molecule has 2 nitrogen and oxygen atoms in total. The molecule has 142 valence electrons. The zero-order valence-corrected chi connectivity index (χ0v) is 16.8. The maximum atomic E-state index is 12.9. The number of aryl methyl sites for hydroxylation is 2. The maximum absolute atomic E-state index is 12.9. The van der Waals surface area contributed by atoms with Gasteiger partial charge in [0.1, 0.15) is 0 Å². The van der Waals surface area contributed by atoms with Gasteiger partial charge in [-0.15, -0.1) is 0 Å². The van der Waals surface area contributed by atoms with Crippen molar-refractivity contribution < 1.29 is 9.53 Å². The number of ether oxygens (including phenoxy) is 1. The fourth-order valence-corrected chi connectivity index (χ4v) is 4.19. The second kappa shape index (κ2) is 7.63. The highest BCUT2D eigenvalue weighted by Crippen LogP contribution is 2.41. The number of carbonyl (C=O) groups is 1. The third-order valence-electron chi connectivity index (χ3n) is 5.60. The predicted octanol–water partition coefficient (Wildman–Crippen LogP) is 6.30. The highest BCUT2D eigenvalue weighted by atomic mass is 16.5. The minimum Gasteiger partial charge on any atom is -0.462 e. The van der Waals surface area contributed by atoms with Gasteiger partial charge in [0.2, 0.25) is 0 Å². The molecule has 4 rings (SSSR count). The summed E-state index contributed by atoms with van der Waals surface area (Å²) in [4.78, 5) is 12.9. The fourth-order valence-electron chi connectivity index (χ4n) is 4.19. The Kier molecular flexibility index (Phi) is 5.04. The Morgan fingerprint density at radius 3 is 2.04 bits per heavy atom. The Bertz CT molecular complexity index is 1010. The largest absolute Gasteiger partial charge is 0.462 e. The van der Waals surface area contributed by atoms with E-state index in [0.717, 1.165) is 30.4 Å². The molecule has 0 spiro atoms. The van der Waals surface area contributed by atoms with Crippen LogP contribution in [0.2, 0.25) is 0 Å². The van der Waals surface area contributed by atoms with Gasteiger partial charge in [-0.1, -0.05) is 59.7 Å². The number of hydrogen-bond acceptors (Lipinski definition) is 2. The van der Waals surface area contributed by atoms with Crippen molar-refractivity contribution in [3.8, 4) is 22.3 Å². The molecular weight excluding hydrogens is 344 g/mol. The van der Waals surface area contributed by atoms with Gasteiger partial charge < -0.3 is 4.74 Å². The highest BCUT2D eigenvalue weighted by Gasteiger charge is 2.26. The molecule has 0 saturated carbocycles. The van der Waals surface area contributed by atoms with E-state index < -0.39 is 0 Å². The summed E-state index contributed by atoms with van der Waals surface area (Å²) in [6.45, 7) is 6.42. The minimum absolute atomic E-state index is 0.235. The molecule has 1 aliphatic carbocycles. The van der Waals surface area contributed by atoms with E-state index in [1.54, 1.807) is 0 Å². The quantitative estimate of drug-likeness (QED) is 0.504. The van der Waals surface area contributed by atoms with Gasteiger partial charge in [0.05, 0.1) is 12.2 Å². The first-order valence-electron chi connectivity index (χ1n) is 10.1. The van der Waals surface area contributed by atoms with Crippen LogP contribution in [-0.4, -0.2) is 12.6 Å². The zero-order chi connectivity index (χ0) is 19.7. The molecule has 1 aliphatic rings. The van der Waals surface area contributed by atoms with E-state index in [-0.39, 0.29) is 5.97 Å². The van der Waals surface area contributed by atoms with Crippen molar-refractivity contribution in [2.45, 2.75) is 40.0 Å². The zero-order valence-electron chi connectivity index (χ0n) is 16.8. The smallest absolute Gasteiger partial charge is 0.338 e. The monoisotopic (exact) mass is 370 g/mol. The number of hydrogen-bond donors (Lipinski definition) is 0. The molecule has 3 aromatic carbocycles. The first kappa shape index (κ1) is 18.5. The highest BCUT2D eigenvalue weighted by molar-refractivity contribution is 6.01. The van der Waals surface area contributed by atoms with Crippen LogP contribution in [0.1, 0.15) is 46.0 Å². The van der Waals surface area contributed by atoms with Crippen molar-refractivity contribution in [2.75, 3.05) is 6.61 Å². The van der Waals surface area contributed by atoms with Crippen LogP contribution in [0.25, 0.3) is 22.3 Å². The molecular formula is C26H26O2. The summed E-state index contributed by atoms with van der Waals surface area (Å²) in [5, 5.41) is 0.